The van der Waals surface area contributed by atoms with E-state index in [0.29, 0.717) is 23.5 Å². The van der Waals surface area contributed by atoms with E-state index in [9.17, 15) is 14.4 Å². The van der Waals surface area contributed by atoms with Crippen LogP contribution in [-0.4, -0.2) is 30.9 Å². The summed E-state index contributed by atoms with van der Waals surface area (Å²) in [6.45, 7) is 4.18. The summed E-state index contributed by atoms with van der Waals surface area (Å²) >= 11 is 0. The molecule has 1 aliphatic rings. The second kappa shape index (κ2) is 9.54. The number of hydrogen-bond acceptors (Lipinski definition) is 5. The van der Waals surface area contributed by atoms with Crippen LogP contribution in [0.3, 0.4) is 0 Å². The van der Waals surface area contributed by atoms with Crippen LogP contribution in [0.4, 0.5) is 5.69 Å². The van der Waals surface area contributed by atoms with Crippen LogP contribution < -0.4 is 15.4 Å². The Morgan fingerprint density at radius 2 is 2.00 bits per heavy atom. The van der Waals surface area contributed by atoms with Crippen LogP contribution in [0, 0.1) is 5.92 Å². The monoisotopic (exact) mass is 394 g/mol. The van der Waals surface area contributed by atoms with Crippen molar-refractivity contribution in [3.63, 3.8) is 0 Å². The Morgan fingerprint density at radius 1 is 1.21 bits per heavy atom. The molecule has 1 unspecified atom stereocenters. The van der Waals surface area contributed by atoms with Gasteiger partial charge in [0.2, 0.25) is 11.8 Å². The van der Waals surface area contributed by atoms with E-state index >= 15 is 0 Å². The third kappa shape index (κ3) is 5.44. The van der Waals surface area contributed by atoms with E-state index in [1.807, 2.05) is 30.3 Å². The van der Waals surface area contributed by atoms with Crippen molar-refractivity contribution in [1.82, 2.24) is 5.32 Å². The molecule has 7 heteroatoms. The molecule has 2 aromatic carbocycles. The summed E-state index contributed by atoms with van der Waals surface area (Å²) < 4.78 is 10.9. The van der Waals surface area contributed by atoms with E-state index < -0.39 is 11.9 Å². The number of anilines is 1. The van der Waals surface area contributed by atoms with Crippen molar-refractivity contribution >= 4 is 23.5 Å². The molecule has 0 bridgehead atoms. The van der Waals surface area contributed by atoms with Crippen molar-refractivity contribution in [2.24, 2.45) is 5.92 Å². The van der Waals surface area contributed by atoms with Crippen LogP contribution in [-0.2, 0) is 20.9 Å². The van der Waals surface area contributed by atoms with Gasteiger partial charge in [-0.05, 0) is 23.8 Å². The van der Waals surface area contributed by atoms with Gasteiger partial charge in [0.05, 0.1) is 17.2 Å². The first-order chi connectivity index (χ1) is 14.1. The highest BCUT2D eigenvalue weighted by atomic mass is 16.5. The summed E-state index contributed by atoms with van der Waals surface area (Å²) in [6, 6.07) is 14.2. The zero-order valence-corrected chi connectivity index (χ0v) is 15.9. The molecule has 1 fully saturated rings. The molecular weight excluding hydrogens is 372 g/mol. The fraction of sp³-hybridized carbons (Fsp3) is 0.227. The molecule has 0 radical (unpaired) electrons. The Hall–Kier alpha value is -3.61. The lowest BCUT2D eigenvalue weighted by Crippen LogP contribution is -2.25. The molecule has 3 rings (SSSR count). The van der Waals surface area contributed by atoms with Crippen LogP contribution in [0.25, 0.3) is 0 Å². The standard InChI is InChI=1S/C22H22N2O5/c1-2-10-28-22(27)16-8-9-18(24-21(26)17-12-20(25)23-13-17)19(11-16)29-14-15-6-4-3-5-7-15/h2-9,11,17H,1,10,12-14H2,(H,23,25)(H,24,26). The highest BCUT2D eigenvalue weighted by Gasteiger charge is 2.28. The van der Waals surface area contributed by atoms with E-state index in [1.165, 1.54) is 12.1 Å². The minimum Gasteiger partial charge on any atom is -0.487 e. The lowest BCUT2D eigenvalue weighted by Gasteiger charge is -2.15. The molecule has 1 atom stereocenters. The molecule has 0 aromatic heterocycles. The summed E-state index contributed by atoms with van der Waals surface area (Å²) in [5.41, 5.74) is 1.66. The third-order valence-corrected chi connectivity index (χ3v) is 4.39. The maximum atomic E-state index is 12.5. The van der Waals surface area contributed by atoms with Crippen molar-refractivity contribution in [3.8, 4) is 5.75 Å². The van der Waals surface area contributed by atoms with Gasteiger partial charge in [0.15, 0.2) is 0 Å². The fourth-order valence-corrected chi connectivity index (χ4v) is 2.85. The minimum absolute atomic E-state index is 0.0975. The molecule has 0 spiro atoms. The average Bonchev–Trinajstić information content (AvgIpc) is 3.18. The van der Waals surface area contributed by atoms with Crippen LogP contribution in [0.5, 0.6) is 5.75 Å². The van der Waals surface area contributed by atoms with Crippen molar-refractivity contribution in [1.29, 1.82) is 0 Å². The molecule has 7 nitrogen and oxygen atoms in total. The van der Waals surface area contributed by atoms with Gasteiger partial charge in [0, 0.05) is 13.0 Å². The highest BCUT2D eigenvalue weighted by molar-refractivity contribution is 5.99. The Bertz CT molecular complexity index is 911. The largest absolute Gasteiger partial charge is 0.487 e. The fourth-order valence-electron chi connectivity index (χ4n) is 2.85. The lowest BCUT2D eigenvalue weighted by atomic mass is 10.1. The number of benzene rings is 2. The van der Waals surface area contributed by atoms with Crippen molar-refractivity contribution in [2.45, 2.75) is 13.0 Å². The van der Waals surface area contributed by atoms with Gasteiger partial charge >= 0.3 is 5.97 Å². The average molecular weight is 394 g/mol. The van der Waals surface area contributed by atoms with Crippen molar-refractivity contribution in [2.75, 3.05) is 18.5 Å². The van der Waals surface area contributed by atoms with Crippen LogP contribution >= 0.6 is 0 Å². The molecule has 1 saturated heterocycles. The topological polar surface area (TPSA) is 93.7 Å². The van der Waals surface area contributed by atoms with E-state index in [-0.39, 0.29) is 31.4 Å². The van der Waals surface area contributed by atoms with Crippen LogP contribution in [0.2, 0.25) is 0 Å². The molecule has 2 N–H and O–H groups in total. The zero-order valence-electron chi connectivity index (χ0n) is 15.9. The first-order valence-electron chi connectivity index (χ1n) is 9.23. The van der Waals surface area contributed by atoms with Crippen molar-refractivity contribution in [3.05, 3.63) is 72.3 Å². The molecule has 2 aromatic rings. The first-order valence-corrected chi connectivity index (χ1v) is 9.23. The highest BCUT2D eigenvalue weighted by Crippen LogP contribution is 2.28. The molecule has 1 heterocycles. The van der Waals surface area contributed by atoms with Gasteiger partial charge in [-0.15, -0.1) is 0 Å². The maximum absolute atomic E-state index is 12.5. The molecule has 2 amide bonds. The van der Waals surface area contributed by atoms with E-state index in [0.717, 1.165) is 5.56 Å². The van der Waals surface area contributed by atoms with E-state index in [1.54, 1.807) is 12.1 Å². The smallest absolute Gasteiger partial charge is 0.338 e. The number of esters is 1. The third-order valence-electron chi connectivity index (χ3n) is 4.39. The van der Waals surface area contributed by atoms with Crippen molar-refractivity contribution < 1.29 is 23.9 Å². The summed E-state index contributed by atoms with van der Waals surface area (Å²) in [6.07, 6.45) is 1.63. The van der Waals surface area contributed by atoms with Gasteiger partial charge < -0.3 is 20.1 Å². The Labute approximate surface area is 168 Å². The van der Waals surface area contributed by atoms with Gasteiger partial charge in [0.1, 0.15) is 19.0 Å². The number of carbonyl (C=O) groups excluding carboxylic acids is 3. The van der Waals surface area contributed by atoms with Gasteiger partial charge in [-0.1, -0.05) is 43.0 Å². The minimum atomic E-state index is -0.516. The second-order valence-corrected chi connectivity index (χ2v) is 6.57. The summed E-state index contributed by atoms with van der Waals surface area (Å²) in [7, 11) is 0. The SMILES string of the molecule is C=CCOC(=O)c1ccc(NC(=O)C2CNC(=O)C2)c(OCc2ccccc2)c1. The van der Waals surface area contributed by atoms with Crippen LogP contribution in [0.1, 0.15) is 22.3 Å². The normalized spacial score (nSPS) is 15.3. The van der Waals surface area contributed by atoms with Gasteiger partial charge in [-0.3, -0.25) is 9.59 Å². The molecule has 0 saturated carbocycles. The summed E-state index contributed by atoms with van der Waals surface area (Å²) in [5.74, 6) is -1.05. The lowest BCUT2D eigenvalue weighted by molar-refractivity contribution is -0.123. The predicted octanol–water partition coefficient (Wildman–Crippen LogP) is 2.68. The number of rotatable bonds is 8. The Kier molecular flexibility index (Phi) is 6.63. The first kappa shape index (κ1) is 20.1. The van der Waals surface area contributed by atoms with Gasteiger partial charge in [0.25, 0.3) is 0 Å². The zero-order chi connectivity index (χ0) is 20.6. The van der Waals surface area contributed by atoms with Gasteiger partial charge in [-0.25, -0.2) is 4.79 Å². The molecular formula is C22H22N2O5. The predicted molar refractivity (Wildman–Crippen MR) is 107 cm³/mol. The number of hydrogen-bond donors (Lipinski definition) is 2. The number of carbonyl (C=O) groups is 3. The Morgan fingerprint density at radius 3 is 2.69 bits per heavy atom. The van der Waals surface area contributed by atoms with Crippen LogP contribution in [0.15, 0.2) is 61.2 Å². The number of ether oxygens (including phenoxy) is 2. The number of amides is 2. The van der Waals surface area contributed by atoms with E-state index in [2.05, 4.69) is 17.2 Å². The second-order valence-electron chi connectivity index (χ2n) is 6.57. The van der Waals surface area contributed by atoms with E-state index in [4.69, 9.17) is 9.47 Å². The molecule has 29 heavy (non-hydrogen) atoms. The quantitative estimate of drug-likeness (QED) is 0.530. The Balaban J connectivity index is 1.79. The summed E-state index contributed by atoms with van der Waals surface area (Å²) in [5, 5.41) is 5.44. The molecule has 150 valence electrons. The molecule has 1 aliphatic heterocycles. The number of nitrogens with one attached hydrogen (secondary N) is 2. The maximum Gasteiger partial charge on any atom is 0.338 e. The molecule has 0 aliphatic carbocycles. The summed E-state index contributed by atoms with van der Waals surface area (Å²) in [4.78, 5) is 36.0. The van der Waals surface area contributed by atoms with Gasteiger partial charge in [-0.2, -0.15) is 0 Å².